The van der Waals surface area contributed by atoms with Crippen LogP contribution < -0.4 is 10.9 Å². The fourth-order valence-corrected chi connectivity index (χ4v) is 2.25. The lowest BCUT2D eigenvalue weighted by Gasteiger charge is -2.19. The molecule has 0 saturated carbocycles. The predicted molar refractivity (Wildman–Crippen MR) is 67.8 cm³/mol. The maximum absolute atomic E-state index is 11.6. The fourth-order valence-electron chi connectivity index (χ4n) is 2.10. The molecule has 2 N–H and O–H groups in total. The Morgan fingerprint density at radius 3 is 3.11 bits per heavy atom. The molecule has 1 aliphatic rings. The quantitative estimate of drug-likeness (QED) is 0.861. The molecular weight excluding hydrogens is 270 g/mol. The van der Waals surface area contributed by atoms with Crippen LogP contribution >= 0.6 is 11.6 Å². The van der Waals surface area contributed by atoms with Gasteiger partial charge in [0.25, 0.3) is 11.4 Å². The minimum Gasteiger partial charge on any atom is -0.334 e. The van der Waals surface area contributed by atoms with Crippen LogP contribution in [0.3, 0.4) is 0 Å². The zero-order valence-electron chi connectivity index (χ0n) is 10.0. The van der Waals surface area contributed by atoms with Crippen molar-refractivity contribution in [2.24, 2.45) is 0 Å². The van der Waals surface area contributed by atoms with Crippen LogP contribution in [0, 0.1) is 0 Å². The van der Waals surface area contributed by atoms with Crippen molar-refractivity contribution in [1.82, 2.24) is 25.7 Å². The zero-order chi connectivity index (χ0) is 13.2. The van der Waals surface area contributed by atoms with Gasteiger partial charge in [-0.2, -0.15) is 10.1 Å². The van der Waals surface area contributed by atoms with E-state index in [4.69, 9.17) is 16.1 Å². The Bertz CT molecular complexity index is 632. The van der Waals surface area contributed by atoms with E-state index >= 15 is 0 Å². The molecule has 1 saturated heterocycles. The molecule has 3 heterocycles. The molecular formula is C11H12ClN5O2. The van der Waals surface area contributed by atoms with E-state index in [1.54, 1.807) is 0 Å². The van der Waals surface area contributed by atoms with E-state index in [0.717, 1.165) is 25.8 Å². The SMILES string of the molecule is O=c1[nH]nc(Cl)cc1-c1nc([C@H]2CCCCN2)no1. The number of hydrogen-bond acceptors (Lipinski definition) is 6. The van der Waals surface area contributed by atoms with E-state index in [1.807, 2.05) is 0 Å². The first kappa shape index (κ1) is 12.3. The summed E-state index contributed by atoms with van der Waals surface area (Å²) in [5.74, 6) is 0.731. The van der Waals surface area contributed by atoms with Crippen molar-refractivity contribution in [3.63, 3.8) is 0 Å². The molecule has 8 heteroatoms. The van der Waals surface area contributed by atoms with Crippen LogP contribution in [0.1, 0.15) is 31.1 Å². The average Bonchev–Trinajstić information content (AvgIpc) is 2.92. The van der Waals surface area contributed by atoms with Crippen molar-refractivity contribution >= 4 is 11.6 Å². The second kappa shape index (κ2) is 5.10. The summed E-state index contributed by atoms with van der Waals surface area (Å²) in [6.07, 6.45) is 3.25. The van der Waals surface area contributed by atoms with Gasteiger partial charge >= 0.3 is 0 Å². The van der Waals surface area contributed by atoms with Gasteiger partial charge in [-0.1, -0.05) is 23.2 Å². The number of nitrogens with one attached hydrogen (secondary N) is 2. The van der Waals surface area contributed by atoms with Crippen LogP contribution in [-0.2, 0) is 0 Å². The largest absolute Gasteiger partial charge is 0.334 e. The molecule has 2 aromatic heterocycles. The third-order valence-corrected chi connectivity index (χ3v) is 3.26. The molecule has 0 aromatic carbocycles. The van der Waals surface area contributed by atoms with Crippen molar-refractivity contribution in [1.29, 1.82) is 0 Å². The van der Waals surface area contributed by atoms with Gasteiger partial charge in [0.05, 0.1) is 6.04 Å². The van der Waals surface area contributed by atoms with Gasteiger partial charge in [-0.05, 0) is 25.5 Å². The average molecular weight is 282 g/mol. The van der Waals surface area contributed by atoms with Gasteiger partial charge < -0.3 is 9.84 Å². The zero-order valence-corrected chi connectivity index (χ0v) is 10.8. The molecule has 2 aromatic rings. The first-order chi connectivity index (χ1) is 9.24. The smallest absolute Gasteiger partial charge is 0.277 e. The summed E-state index contributed by atoms with van der Waals surface area (Å²) in [6, 6.07) is 1.49. The summed E-state index contributed by atoms with van der Waals surface area (Å²) < 4.78 is 5.13. The molecule has 3 rings (SSSR count). The Hall–Kier alpha value is -1.73. The van der Waals surface area contributed by atoms with Crippen molar-refractivity contribution < 1.29 is 4.52 Å². The highest BCUT2D eigenvalue weighted by Gasteiger charge is 2.21. The first-order valence-corrected chi connectivity index (χ1v) is 6.44. The number of nitrogens with zero attached hydrogens (tertiary/aromatic N) is 3. The molecule has 1 fully saturated rings. The highest BCUT2D eigenvalue weighted by Crippen LogP contribution is 2.23. The molecule has 0 amide bonds. The third-order valence-electron chi connectivity index (χ3n) is 3.07. The molecule has 1 atom stereocenters. The van der Waals surface area contributed by atoms with Gasteiger partial charge in [-0.15, -0.1) is 0 Å². The molecule has 19 heavy (non-hydrogen) atoms. The summed E-state index contributed by atoms with van der Waals surface area (Å²) in [7, 11) is 0. The predicted octanol–water partition coefficient (Wildman–Crippen LogP) is 1.29. The fraction of sp³-hybridized carbons (Fsp3) is 0.455. The minimum absolute atomic E-state index is 0.0858. The highest BCUT2D eigenvalue weighted by atomic mass is 35.5. The maximum Gasteiger partial charge on any atom is 0.277 e. The lowest BCUT2D eigenvalue weighted by Crippen LogP contribution is -2.27. The number of aromatic amines is 1. The van der Waals surface area contributed by atoms with Crippen LogP contribution in [0.4, 0.5) is 0 Å². The van der Waals surface area contributed by atoms with Crippen LogP contribution in [0.25, 0.3) is 11.5 Å². The molecule has 0 unspecified atom stereocenters. The topological polar surface area (TPSA) is 96.7 Å². The molecule has 100 valence electrons. The summed E-state index contributed by atoms with van der Waals surface area (Å²) in [6.45, 7) is 0.941. The monoisotopic (exact) mass is 281 g/mol. The Balaban J connectivity index is 1.92. The van der Waals surface area contributed by atoms with Gasteiger partial charge in [0.15, 0.2) is 5.82 Å². The normalized spacial score (nSPS) is 19.5. The first-order valence-electron chi connectivity index (χ1n) is 6.06. The van der Waals surface area contributed by atoms with Gasteiger partial charge in [0, 0.05) is 0 Å². The Morgan fingerprint density at radius 1 is 1.42 bits per heavy atom. The second-order valence-corrected chi connectivity index (χ2v) is 4.78. The van der Waals surface area contributed by atoms with Crippen LogP contribution in [-0.4, -0.2) is 26.9 Å². The standard InChI is InChI=1S/C11H12ClN5O2/c12-8-5-6(10(18)16-15-8)11-14-9(17-19-11)7-3-1-2-4-13-7/h5,7,13H,1-4H2,(H,16,18)/t7-/m1/s1. The lowest BCUT2D eigenvalue weighted by atomic mass is 10.0. The maximum atomic E-state index is 11.6. The van der Waals surface area contributed by atoms with E-state index in [0.29, 0.717) is 5.82 Å². The number of halogens is 1. The van der Waals surface area contributed by atoms with Crippen molar-refractivity contribution in [3.8, 4) is 11.5 Å². The summed E-state index contributed by atoms with van der Waals surface area (Å²) >= 11 is 5.74. The molecule has 1 aliphatic heterocycles. The number of aromatic nitrogens is 4. The Kier molecular flexibility index (Phi) is 3.31. The summed E-state index contributed by atoms with van der Waals surface area (Å²) in [5, 5.41) is 13.3. The van der Waals surface area contributed by atoms with Crippen molar-refractivity contribution in [2.45, 2.75) is 25.3 Å². The van der Waals surface area contributed by atoms with E-state index in [9.17, 15) is 4.79 Å². The summed E-state index contributed by atoms with van der Waals surface area (Å²) in [5.41, 5.74) is -0.175. The van der Waals surface area contributed by atoms with Gasteiger partial charge in [0.2, 0.25) is 0 Å². The van der Waals surface area contributed by atoms with Crippen LogP contribution in [0.5, 0.6) is 0 Å². The molecule has 7 nitrogen and oxygen atoms in total. The van der Waals surface area contributed by atoms with E-state index < -0.39 is 5.56 Å². The second-order valence-electron chi connectivity index (χ2n) is 4.39. The number of rotatable bonds is 2. The van der Waals surface area contributed by atoms with Crippen LogP contribution in [0.15, 0.2) is 15.4 Å². The number of H-pyrrole nitrogens is 1. The molecule has 0 spiro atoms. The Morgan fingerprint density at radius 2 is 2.32 bits per heavy atom. The third kappa shape index (κ3) is 2.52. The van der Waals surface area contributed by atoms with E-state index in [-0.39, 0.29) is 22.6 Å². The summed E-state index contributed by atoms with van der Waals surface area (Å²) in [4.78, 5) is 15.9. The number of piperidine rings is 1. The van der Waals surface area contributed by atoms with Gasteiger partial charge in [-0.3, -0.25) is 4.79 Å². The van der Waals surface area contributed by atoms with Gasteiger partial charge in [0.1, 0.15) is 10.7 Å². The van der Waals surface area contributed by atoms with E-state index in [2.05, 4.69) is 25.7 Å². The number of hydrogen-bond donors (Lipinski definition) is 2. The van der Waals surface area contributed by atoms with E-state index in [1.165, 1.54) is 6.07 Å². The van der Waals surface area contributed by atoms with Gasteiger partial charge in [-0.25, -0.2) is 5.10 Å². The molecule has 0 aliphatic carbocycles. The minimum atomic E-state index is -0.406. The van der Waals surface area contributed by atoms with Crippen molar-refractivity contribution in [3.05, 3.63) is 27.4 Å². The molecule has 0 radical (unpaired) electrons. The lowest BCUT2D eigenvalue weighted by molar-refractivity contribution is 0.367. The highest BCUT2D eigenvalue weighted by molar-refractivity contribution is 6.29. The van der Waals surface area contributed by atoms with Crippen LogP contribution in [0.2, 0.25) is 5.15 Å². The van der Waals surface area contributed by atoms with Crippen molar-refractivity contribution in [2.75, 3.05) is 6.54 Å². The molecule has 0 bridgehead atoms. The Labute approximate surface area is 113 Å².